The van der Waals surface area contributed by atoms with Crippen molar-refractivity contribution in [2.24, 2.45) is 5.92 Å². The largest absolute Gasteiger partial charge is 0.480 e. The number of rotatable bonds is 29. The van der Waals surface area contributed by atoms with Crippen LogP contribution in [0.1, 0.15) is 76.8 Å². The average Bonchev–Trinajstić information content (AvgIpc) is 3.85. The molecule has 76 heavy (non-hydrogen) atoms. The van der Waals surface area contributed by atoms with Crippen molar-refractivity contribution in [1.29, 1.82) is 0 Å². The molecule has 2 aliphatic heterocycles. The van der Waals surface area contributed by atoms with E-state index in [2.05, 4.69) is 31.9 Å². The van der Waals surface area contributed by atoms with Crippen LogP contribution in [0.15, 0.2) is 24.3 Å². The average molecular weight is 1070 g/mol. The summed E-state index contributed by atoms with van der Waals surface area (Å²) in [5.41, 5.74) is 2.27. The van der Waals surface area contributed by atoms with E-state index in [1.165, 1.54) is 11.8 Å². The highest BCUT2D eigenvalue weighted by Gasteiger charge is 2.39. The van der Waals surface area contributed by atoms with Gasteiger partial charge in [0.15, 0.2) is 0 Å². The molecule has 0 aliphatic carbocycles. The van der Waals surface area contributed by atoms with E-state index in [-0.39, 0.29) is 97.4 Å². The maximum absolute atomic E-state index is 13.8. The van der Waals surface area contributed by atoms with Crippen LogP contribution in [0.4, 0.5) is 0 Å². The second-order valence-corrected chi connectivity index (χ2v) is 19.8. The van der Waals surface area contributed by atoms with Crippen LogP contribution in [0, 0.1) is 12.8 Å². The summed E-state index contributed by atoms with van der Waals surface area (Å²) in [4.78, 5) is 135. The zero-order valence-corrected chi connectivity index (χ0v) is 44.3. The van der Waals surface area contributed by atoms with E-state index in [0.29, 0.717) is 45.1 Å². The molecule has 4 atom stereocenters. The van der Waals surface area contributed by atoms with Crippen LogP contribution < -0.4 is 31.9 Å². The van der Waals surface area contributed by atoms with Gasteiger partial charge in [-0.3, -0.25) is 67.5 Å². The van der Waals surface area contributed by atoms with Gasteiger partial charge >= 0.3 is 25.0 Å². The molecule has 27 heteroatoms. The quantitative estimate of drug-likeness (QED) is 0.0273. The molecular weight excluding hydrogens is 993 g/mol. The summed E-state index contributed by atoms with van der Waals surface area (Å²) in [5, 5.41) is 63.6. The van der Waals surface area contributed by atoms with Gasteiger partial charge in [0.25, 0.3) is 0 Å². The summed E-state index contributed by atoms with van der Waals surface area (Å²) in [6.45, 7) is 6.10. The number of aliphatic carboxylic acids is 3. The van der Waals surface area contributed by atoms with E-state index in [1.807, 2.05) is 31.2 Å². The Morgan fingerprint density at radius 1 is 0.592 bits per heavy atom. The van der Waals surface area contributed by atoms with Crippen molar-refractivity contribution in [2.75, 3.05) is 105 Å². The number of nitrogens with one attached hydrogen (secondary N) is 6. The number of aryl methyl sites for hydroxylation is 2. The number of amides is 7. The molecule has 2 heterocycles. The van der Waals surface area contributed by atoms with Gasteiger partial charge in [0.05, 0.1) is 45.2 Å². The minimum Gasteiger partial charge on any atom is -0.480 e. The molecule has 2 saturated heterocycles. The van der Waals surface area contributed by atoms with Crippen LogP contribution in [0.3, 0.4) is 0 Å². The summed E-state index contributed by atoms with van der Waals surface area (Å²) in [6, 6.07) is 4.72. The highest BCUT2D eigenvalue weighted by molar-refractivity contribution is 6.43. The monoisotopic (exact) mass is 1070 g/mol. The lowest BCUT2D eigenvalue weighted by molar-refractivity contribution is -0.140. The standard InChI is InChI=1S/C49H80BN11O15/c1-33(2)46(48(73)54-35(4)49(74)61-18-8-11-38(61)50(75)76)56-41(64)28-52-40(63)27-53-47(72)37(10-5-6-17-51-39(62)12-7-9-36-15-13-34(3)14-16-36)55-42(65)29-57-19-21-58(30-43(66)67)23-25-60(32-45(70)71)26-24-59(22-20-57)31-44(68)69/h13-16,33,35,37-38,46,75-76H,5-12,17-32H2,1-4H3,(H,51,62)(H,52,63)(H,53,72)(H,54,73)(H,55,65)(H,56,64)(H,66,67)(H,68,69)(H,70,71)/t35-,37?,38+,46+/m1/s1. The fourth-order valence-corrected chi connectivity index (χ4v) is 8.78. The summed E-state index contributed by atoms with van der Waals surface area (Å²) in [5.74, 6) is -8.79. The van der Waals surface area contributed by atoms with Gasteiger partial charge in [-0.2, -0.15) is 0 Å². The fourth-order valence-electron chi connectivity index (χ4n) is 8.78. The number of hydrogen-bond acceptors (Lipinski definition) is 16. The summed E-state index contributed by atoms with van der Waals surface area (Å²) >= 11 is 0. The van der Waals surface area contributed by atoms with Crippen LogP contribution in [-0.2, 0) is 54.4 Å². The van der Waals surface area contributed by atoms with E-state index in [0.717, 1.165) is 17.5 Å². The number of carbonyl (C=O) groups is 10. The van der Waals surface area contributed by atoms with E-state index < -0.39 is 104 Å². The molecular formula is C49H80BN11O15. The Labute approximate surface area is 444 Å². The van der Waals surface area contributed by atoms with Crippen molar-refractivity contribution < 1.29 is 73.3 Å². The third-order valence-electron chi connectivity index (χ3n) is 13.0. The maximum Gasteiger partial charge on any atom is 0.475 e. The molecule has 1 aromatic rings. The van der Waals surface area contributed by atoms with Crippen molar-refractivity contribution in [3.05, 3.63) is 35.4 Å². The Morgan fingerprint density at radius 2 is 1.12 bits per heavy atom. The molecule has 11 N–H and O–H groups in total. The molecule has 0 spiro atoms. The van der Waals surface area contributed by atoms with E-state index >= 15 is 0 Å². The van der Waals surface area contributed by atoms with Gasteiger partial charge in [0.1, 0.15) is 18.1 Å². The molecule has 1 unspecified atom stereocenters. The molecule has 3 rings (SSSR count). The zero-order chi connectivity index (χ0) is 56.3. The predicted molar refractivity (Wildman–Crippen MR) is 277 cm³/mol. The first kappa shape index (κ1) is 64.0. The lowest BCUT2D eigenvalue weighted by Gasteiger charge is -2.33. The molecule has 7 amide bonds. The number of unbranched alkanes of at least 4 members (excludes halogenated alkanes) is 1. The first-order chi connectivity index (χ1) is 36.0. The van der Waals surface area contributed by atoms with Crippen molar-refractivity contribution in [2.45, 2.75) is 103 Å². The molecule has 0 bridgehead atoms. The van der Waals surface area contributed by atoms with Crippen molar-refractivity contribution >= 4 is 66.4 Å². The summed E-state index contributed by atoms with van der Waals surface area (Å²) in [6.07, 6.45) is 3.53. The Balaban J connectivity index is 1.64. The summed E-state index contributed by atoms with van der Waals surface area (Å²) in [7, 11) is -1.74. The minimum absolute atomic E-state index is 0.0847. The van der Waals surface area contributed by atoms with Crippen molar-refractivity contribution in [3.63, 3.8) is 0 Å². The Morgan fingerprint density at radius 3 is 1.63 bits per heavy atom. The van der Waals surface area contributed by atoms with Crippen molar-refractivity contribution in [3.8, 4) is 0 Å². The Kier molecular flexibility index (Phi) is 28.4. The topological polar surface area (TPSA) is 360 Å². The number of carbonyl (C=O) groups excluding carboxylic acids is 7. The van der Waals surface area contributed by atoms with Crippen LogP contribution >= 0.6 is 0 Å². The third kappa shape index (κ3) is 25.1. The molecule has 424 valence electrons. The van der Waals surface area contributed by atoms with Gasteiger partial charge in [0.2, 0.25) is 41.4 Å². The molecule has 0 saturated carbocycles. The van der Waals surface area contributed by atoms with E-state index in [4.69, 9.17) is 0 Å². The third-order valence-corrected chi connectivity index (χ3v) is 13.0. The van der Waals surface area contributed by atoms with Crippen LogP contribution in [0.25, 0.3) is 0 Å². The SMILES string of the molecule is Cc1ccc(CCCC(=O)NCCCCC(NC(=O)CN2CCN(CC(=O)O)CCN(CC(=O)O)CCN(CC(=O)O)CC2)C(=O)NCC(=O)NCC(=O)N[C@H](C(=O)N[C@H](C)C(=O)N2CCC[C@H]2B(O)O)C(C)C)cc1. The first-order valence-electron chi connectivity index (χ1n) is 26.0. The number of hydrogen-bond donors (Lipinski definition) is 11. The van der Waals surface area contributed by atoms with E-state index in [1.54, 1.807) is 33.4 Å². The van der Waals surface area contributed by atoms with E-state index in [9.17, 15) is 73.3 Å². The normalized spacial score (nSPS) is 17.5. The van der Waals surface area contributed by atoms with Gasteiger partial charge < -0.3 is 62.2 Å². The lowest BCUT2D eigenvalue weighted by Crippen LogP contribution is -2.57. The number of likely N-dealkylation sites (tertiary alicyclic amines) is 1. The van der Waals surface area contributed by atoms with Crippen LogP contribution in [0.2, 0.25) is 0 Å². The molecule has 1 aromatic carbocycles. The Hall–Kier alpha value is -6.26. The summed E-state index contributed by atoms with van der Waals surface area (Å²) < 4.78 is 0. The fraction of sp³-hybridized carbons (Fsp3) is 0.673. The van der Waals surface area contributed by atoms with Gasteiger partial charge in [-0.25, -0.2) is 0 Å². The number of benzene rings is 1. The second kappa shape index (κ2) is 33.7. The van der Waals surface area contributed by atoms with Gasteiger partial charge in [-0.15, -0.1) is 0 Å². The highest BCUT2D eigenvalue weighted by atomic mass is 16.4. The van der Waals surface area contributed by atoms with Crippen LogP contribution in [-0.4, -0.2) is 245 Å². The highest BCUT2D eigenvalue weighted by Crippen LogP contribution is 2.19. The van der Waals surface area contributed by atoms with Crippen molar-refractivity contribution in [1.82, 2.24) is 56.4 Å². The predicted octanol–water partition coefficient (Wildman–Crippen LogP) is -3.55. The van der Waals surface area contributed by atoms with Crippen LogP contribution in [0.5, 0.6) is 0 Å². The number of carboxylic acid groups (broad SMARTS) is 3. The zero-order valence-electron chi connectivity index (χ0n) is 44.3. The Bertz CT molecular complexity index is 2070. The molecule has 2 fully saturated rings. The van der Waals surface area contributed by atoms with Gasteiger partial charge in [0, 0.05) is 71.9 Å². The number of carboxylic acids is 3. The van der Waals surface area contributed by atoms with Gasteiger partial charge in [-0.1, -0.05) is 43.7 Å². The first-order valence-corrected chi connectivity index (χ1v) is 26.0. The minimum atomic E-state index is -1.74. The molecule has 0 radical (unpaired) electrons. The maximum atomic E-state index is 13.8. The lowest BCUT2D eigenvalue weighted by atomic mass is 9.78. The smallest absolute Gasteiger partial charge is 0.475 e. The molecule has 2 aliphatic rings. The second-order valence-electron chi connectivity index (χ2n) is 19.8. The van der Waals surface area contributed by atoms with Gasteiger partial charge in [-0.05, 0) is 70.3 Å². The molecule has 0 aromatic heterocycles. The number of nitrogens with zero attached hydrogens (tertiary/aromatic N) is 5. The molecule has 26 nitrogen and oxygen atoms in total.